The lowest BCUT2D eigenvalue weighted by molar-refractivity contribution is -0.384. The van der Waals surface area contributed by atoms with Crippen molar-refractivity contribution >= 4 is 34.4 Å². The summed E-state index contributed by atoms with van der Waals surface area (Å²) in [5, 5.41) is 16.2. The predicted octanol–water partition coefficient (Wildman–Crippen LogP) is 4.01. The van der Waals surface area contributed by atoms with Crippen LogP contribution in [0.1, 0.15) is 0 Å². The number of halogens is 2. The number of hydrogen-bond acceptors (Lipinski definition) is 4. The van der Waals surface area contributed by atoms with Crippen molar-refractivity contribution in [1.82, 2.24) is 0 Å². The van der Waals surface area contributed by atoms with E-state index in [1.54, 1.807) is 18.2 Å². The summed E-state index contributed by atoms with van der Waals surface area (Å²) in [5.74, 6) is -0.0642. The molecule has 0 saturated carbocycles. The molecule has 0 aliphatic rings. The van der Waals surface area contributed by atoms with Crippen LogP contribution in [0.15, 0.2) is 48.5 Å². The van der Waals surface area contributed by atoms with Gasteiger partial charge in [-0.3, -0.25) is 10.1 Å². The molecule has 0 heterocycles. The number of nitrogens with one attached hydrogen (secondary N) is 2. The maximum absolute atomic E-state index is 12.3. The molecule has 0 saturated heterocycles. The van der Waals surface area contributed by atoms with E-state index in [-0.39, 0.29) is 22.2 Å². The molecule has 0 unspecified atom stereocenters. The minimum atomic E-state index is -2.96. The van der Waals surface area contributed by atoms with Crippen molar-refractivity contribution in [1.29, 1.82) is 0 Å². The number of ether oxygens (including phenoxy) is 1. The van der Waals surface area contributed by atoms with Gasteiger partial charge in [-0.1, -0.05) is 18.2 Å². The third-order valence-electron chi connectivity index (χ3n) is 2.67. The molecule has 0 amide bonds. The van der Waals surface area contributed by atoms with Crippen molar-refractivity contribution in [3.05, 3.63) is 58.6 Å². The Hall–Kier alpha value is -2.81. The Morgan fingerprint density at radius 1 is 1.17 bits per heavy atom. The van der Waals surface area contributed by atoms with Gasteiger partial charge in [-0.05, 0) is 30.4 Å². The topological polar surface area (TPSA) is 76.4 Å². The van der Waals surface area contributed by atoms with E-state index < -0.39 is 11.5 Å². The minimum Gasteiger partial charge on any atom is -0.433 e. The molecule has 0 fully saturated rings. The normalized spacial score (nSPS) is 10.2. The van der Waals surface area contributed by atoms with Gasteiger partial charge >= 0.3 is 6.61 Å². The molecule has 0 atom stereocenters. The first-order valence-corrected chi connectivity index (χ1v) is 6.73. The highest BCUT2D eigenvalue weighted by Crippen LogP contribution is 2.26. The van der Waals surface area contributed by atoms with Gasteiger partial charge in [0.15, 0.2) is 5.11 Å². The number of nitro groups is 1. The molecule has 23 heavy (non-hydrogen) atoms. The summed E-state index contributed by atoms with van der Waals surface area (Å²) in [6, 6.07) is 11.8. The molecule has 0 aromatic heterocycles. The molecular formula is C14H11F2N3O3S. The fourth-order valence-corrected chi connectivity index (χ4v) is 1.98. The quantitative estimate of drug-likeness (QED) is 0.487. The number of thiocarbonyl (C=S) groups is 1. The molecule has 2 N–H and O–H groups in total. The Bertz CT molecular complexity index is 728. The van der Waals surface area contributed by atoms with Crippen LogP contribution < -0.4 is 15.4 Å². The van der Waals surface area contributed by atoms with Crippen molar-refractivity contribution < 1.29 is 18.4 Å². The Morgan fingerprint density at radius 2 is 1.91 bits per heavy atom. The number of alkyl halides is 2. The molecule has 0 aliphatic carbocycles. The van der Waals surface area contributed by atoms with Crippen LogP contribution in [0.4, 0.5) is 25.8 Å². The highest BCUT2D eigenvalue weighted by atomic mass is 32.1. The zero-order chi connectivity index (χ0) is 16.8. The first-order chi connectivity index (χ1) is 11.0. The number of benzene rings is 2. The summed E-state index contributed by atoms with van der Waals surface area (Å²) in [4.78, 5) is 10.2. The SMILES string of the molecule is O=[N+]([O-])c1cccc(NC(=S)Nc2ccccc2OC(F)F)c1. The van der Waals surface area contributed by atoms with E-state index in [9.17, 15) is 18.9 Å². The van der Waals surface area contributed by atoms with Crippen LogP contribution in [0.5, 0.6) is 5.75 Å². The van der Waals surface area contributed by atoms with Crippen molar-refractivity contribution in [3.63, 3.8) is 0 Å². The van der Waals surface area contributed by atoms with E-state index in [2.05, 4.69) is 15.4 Å². The molecule has 6 nitrogen and oxygen atoms in total. The Labute approximate surface area is 135 Å². The summed E-state index contributed by atoms with van der Waals surface area (Å²) in [7, 11) is 0. The lowest BCUT2D eigenvalue weighted by atomic mass is 10.3. The number of nitrogens with zero attached hydrogens (tertiary/aromatic N) is 1. The fourth-order valence-electron chi connectivity index (χ4n) is 1.75. The van der Waals surface area contributed by atoms with E-state index in [0.29, 0.717) is 5.69 Å². The maximum atomic E-state index is 12.3. The number of anilines is 2. The molecule has 2 rings (SSSR count). The molecule has 0 bridgehead atoms. The largest absolute Gasteiger partial charge is 0.433 e. The molecule has 2 aromatic carbocycles. The second kappa shape index (κ2) is 7.45. The van der Waals surface area contributed by atoms with Crippen molar-refractivity contribution in [2.75, 3.05) is 10.6 Å². The van der Waals surface area contributed by atoms with Crippen molar-refractivity contribution in [2.24, 2.45) is 0 Å². The van der Waals surface area contributed by atoms with Gasteiger partial charge in [-0.25, -0.2) is 0 Å². The molecular weight excluding hydrogens is 328 g/mol. The van der Waals surface area contributed by atoms with E-state index in [4.69, 9.17) is 12.2 Å². The fraction of sp³-hybridized carbons (Fsp3) is 0.0714. The number of rotatable bonds is 5. The Morgan fingerprint density at radius 3 is 2.61 bits per heavy atom. The highest BCUT2D eigenvalue weighted by molar-refractivity contribution is 7.80. The first-order valence-electron chi connectivity index (χ1n) is 6.32. The monoisotopic (exact) mass is 339 g/mol. The van der Waals surface area contributed by atoms with Gasteiger partial charge in [-0.15, -0.1) is 0 Å². The lowest BCUT2D eigenvalue weighted by Crippen LogP contribution is -2.20. The highest BCUT2D eigenvalue weighted by Gasteiger charge is 2.11. The number of nitro benzene ring substituents is 1. The van der Waals surface area contributed by atoms with E-state index in [0.717, 1.165) is 0 Å². The first kappa shape index (κ1) is 16.6. The van der Waals surface area contributed by atoms with Gasteiger partial charge in [0.2, 0.25) is 0 Å². The van der Waals surface area contributed by atoms with Crippen LogP contribution in [-0.4, -0.2) is 16.6 Å². The average Bonchev–Trinajstić information content (AvgIpc) is 2.49. The molecule has 0 aliphatic heterocycles. The van der Waals surface area contributed by atoms with Crippen LogP contribution in [0.2, 0.25) is 0 Å². The van der Waals surface area contributed by atoms with Crippen LogP contribution in [0.25, 0.3) is 0 Å². The van der Waals surface area contributed by atoms with Gasteiger partial charge in [0.25, 0.3) is 5.69 Å². The standard InChI is InChI=1S/C14H11F2N3O3S/c15-13(16)22-12-7-2-1-6-11(12)18-14(23)17-9-4-3-5-10(8-9)19(20)21/h1-8,13H,(H2,17,18,23). The van der Waals surface area contributed by atoms with Gasteiger partial charge in [0, 0.05) is 17.8 Å². The van der Waals surface area contributed by atoms with Crippen LogP contribution in [0, 0.1) is 10.1 Å². The molecule has 0 radical (unpaired) electrons. The van der Waals surface area contributed by atoms with E-state index in [1.165, 1.54) is 30.3 Å². The Kier molecular flexibility index (Phi) is 5.36. The summed E-state index contributed by atoms with van der Waals surface area (Å²) in [6.45, 7) is -2.96. The van der Waals surface area contributed by atoms with Gasteiger partial charge in [-0.2, -0.15) is 8.78 Å². The predicted molar refractivity (Wildman–Crippen MR) is 86.0 cm³/mol. The van der Waals surface area contributed by atoms with Gasteiger partial charge in [0.1, 0.15) is 5.75 Å². The number of non-ortho nitro benzene ring substituents is 1. The van der Waals surface area contributed by atoms with E-state index in [1.807, 2.05) is 0 Å². The van der Waals surface area contributed by atoms with Crippen molar-refractivity contribution in [2.45, 2.75) is 6.61 Å². The smallest absolute Gasteiger partial charge is 0.387 e. The van der Waals surface area contributed by atoms with Crippen LogP contribution in [-0.2, 0) is 0 Å². The third-order valence-corrected chi connectivity index (χ3v) is 2.87. The lowest BCUT2D eigenvalue weighted by Gasteiger charge is -2.14. The number of para-hydroxylation sites is 2. The van der Waals surface area contributed by atoms with Crippen LogP contribution in [0.3, 0.4) is 0 Å². The zero-order valence-electron chi connectivity index (χ0n) is 11.5. The Balaban J connectivity index is 2.08. The van der Waals surface area contributed by atoms with Gasteiger partial charge in [0.05, 0.1) is 10.6 Å². The molecule has 0 spiro atoms. The van der Waals surface area contributed by atoms with Gasteiger partial charge < -0.3 is 15.4 Å². The molecule has 2 aromatic rings. The second-order valence-electron chi connectivity index (χ2n) is 4.26. The molecule has 9 heteroatoms. The maximum Gasteiger partial charge on any atom is 0.387 e. The summed E-state index contributed by atoms with van der Waals surface area (Å²) < 4.78 is 29.1. The average molecular weight is 339 g/mol. The molecule has 120 valence electrons. The summed E-state index contributed by atoms with van der Waals surface area (Å²) in [5.41, 5.74) is 0.541. The van der Waals surface area contributed by atoms with Crippen molar-refractivity contribution in [3.8, 4) is 5.75 Å². The summed E-state index contributed by atoms with van der Waals surface area (Å²) >= 11 is 5.07. The van der Waals surface area contributed by atoms with Crippen LogP contribution >= 0.6 is 12.2 Å². The van der Waals surface area contributed by atoms with E-state index >= 15 is 0 Å². The minimum absolute atomic E-state index is 0.0642. The summed E-state index contributed by atoms with van der Waals surface area (Å²) in [6.07, 6.45) is 0. The zero-order valence-corrected chi connectivity index (χ0v) is 12.3. The number of hydrogen-bond donors (Lipinski definition) is 2. The second-order valence-corrected chi connectivity index (χ2v) is 4.67. The third kappa shape index (κ3) is 4.85.